The number of Topliss-reactive ketones (excluding diaryl/α,β-unsaturated/α-hetero) is 1. The highest BCUT2D eigenvalue weighted by Gasteiger charge is 2.19. The Kier molecular flexibility index (Phi) is 3.64. The molecule has 1 aliphatic carbocycles. The first-order valence-electron chi connectivity index (χ1n) is 5.69. The molecule has 0 amide bonds. The molecule has 0 radical (unpaired) electrons. The van der Waals surface area contributed by atoms with Gasteiger partial charge in [-0.1, -0.05) is 22.9 Å². The monoisotopic (exact) mass is 282 g/mol. The van der Waals surface area contributed by atoms with E-state index in [2.05, 4.69) is 15.9 Å². The molecule has 1 saturated carbocycles. The maximum absolute atomic E-state index is 11.6. The molecule has 86 valence electrons. The molecule has 0 aromatic heterocycles. The Balaban J connectivity index is 2.17. The van der Waals surface area contributed by atoms with Crippen LogP contribution in [0.1, 0.15) is 43.0 Å². The fourth-order valence-corrected chi connectivity index (χ4v) is 2.15. The van der Waals surface area contributed by atoms with Gasteiger partial charge in [0.25, 0.3) is 0 Å². The summed E-state index contributed by atoms with van der Waals surface area (Å²) in [5, 5.41) is 0. The molecule has 0 N–H and O–H groups in total. The number of hydrogen-bond acceptors (Lipinski definition) is 2. The summed E-state index contributed by atoms with van der Waals surface area (Å²) in [5.74, 6) is 0.954. The van der Waals surface area contributed by atoms with E-state index in [1.807, 2.05) is 25.1 Å². The number of rotatable bonds is 4. The molecule has 1 aliphatic rings. The SMILES string of the molecule is CCC(=O)c1cc(Br)cc(OC2CCC2)c1. The molecule has 0 bridgehead atoms. The van der Waals surface area contributed by atoms with E-state index in [1.165, 1.54) is 6.42 Å². The van der Waals surface area contributed by atoms with Crippen LogP contribution in [0.3, 0.4) is 0 Å². The quantitative estimate of drug-likeness (QED) is 0.781. The van der Waals surface area contributed by atoms with Crippen LogP contribution in [0.25, 0.3) is 0 Å². The Bertz CT molecular complexity index is 397. The van der Waals surface area contributed by atoms with E-state index >= 15 is 0 Å². The number of halogens is 1. The zero-order valence-electron chi connectivity index (χ0n) is 9.33. The van der Waals surface area contributed by atoms with Gasteiger partial charge in [-0.25, -0.2) is 0 Å². The van der Waals surface area contributed by atoms with Crippen molar-refractivity contribution in [3.63, 3.8) is 0 Å². The number of ether oxygens (including phenoxy) is 1. The third kappa shape index (κ3) is 2.64. The molecule has 0 atom stereocenters. The number of ketones is 1. The number of hydrogen-bond donors (Lipinski definition) is 0. The van der Waals surface area contributed by atoms with Crippen LogP contribution in [0.15, 0.2) is 22.7 Å². The largest absolute Gasteiger partial charge is 0.490 e. The van der Waals surface area contributed by atoms with Crippen LogP contribution >= 0.6 is 15.9 Å². The summed E-state index contributed by atoms with van der Waals surface area (Å²) < 4.78 is 6.69. The van der Waals surface area contributed by atoms with E-state index in [0.29, 0.717) is 12.5 Å². The highest BCUT2D eigenvalue weighted by Crippen LogP contribution is 2.28. The Morgan fingerprint density at radius 3 is 2.75 bits per heavy atom. The second-order valence-corrected chi connectivity index (χ2v) is 5.04. The molecular formula is C13H15BrO2. The standard InChI is InChI=1S/C13H15BrO2/c1-2-13(15)9-6-10(14)8-12(7-9)16-11-4-3-5-11/h6-8,11H,2-5H2,1H3. The number of carbonyl (C=O) groups excluding carboxylic acids is 1. The summed E-state index contributed by atoms with van der Waals surface area (Å²) in [5.41, 5.74) is 0.728. The highest BCUT2D eigenvalue weighted by atomic mass is 79.9. The minimum Gasteiger partial charge on any atom is -0.490 e. The maximum atomic E-state index is 11.6. The third-order valence-corrected chi connectivity index (χ3v) is 3.33. The van der Waals surface area contributed by atoms with E-state index in [-0.39, 0.29) is 5.78 Å². The van der Waals surface area contributed by atoms with Crippen LogP contribution in [0, 0.1) is 0 Å². The Labute approximate surface area is 104 Å². The molecule has 2 nitrogen and oxygen atoms in total. The minimum absolute atomic E-state index is 0.153. The van der Waals surface area contributed by atoms with Gasteiger partial charge in [0.15, 0.2) is 5.78 Å². The first kappa shape index (κ1) is 11.6. The van der Waals surface area contributed by atoms with Gasteiger partial charge in [0.1, 0.15) is 5.75 Å². The van der Waals surface area contributed by atoms with Crippen molar-refractivity contribution in [3.05, 3.63) is 28.2 Å². The molecule has 0 spiro atoms. The summed E-state index contributed by atoms with van der Waals surface area (Å²) in [6.45, 7) is 1.87. The average molecular weight is 283 g/mol. The zero-order chi connectivity index (χ0) is 11.5. The third-order valence-electron chi connectivity index (χ3n) is 2.87. The fraction of sp³-hybridized carbons (Fsp3) is 0.462. The van der Waals surface area contributed by atoms with Crippen molar-refractivity contribution >= 4 is 21.7 Å². The Morgan fingerprint density at radius 1 is 1.44 bits per heavy atom. The molecule has 1 fully saturated rings. The Morgan fingerprint density at radius 2 is 2.19 bits per heavy atom. The predicted molar refractivity (Wildman–Crippen MR) is 67.0 cm³/mol. The van der Waals surface area contributed by atoms with Crippen LogP contribution in [0.2, 0.25) is 0 Å². The van der Waals surface area contributed by atoms with Crippen molar-refractivity contribution < 1.29 is 9.53 Å². The molecule has 2 rings (SSSR count). The molecule has 3 heteroatoms. The van der Waals surface area contributed by atoms with Gasteiger partial charge in [-0.05, 0) is 37.5 Å². The van der Waals surface area contributed by atoms with E-state index in [9.17, 15) is 4.79 Å². The lowest BCUT2D eigenvalue weighted by Gasteiger charge is -2.26. The molecule has 0 saturated heterocycles. The van der Waals surface area contributed by atoms with Crippen molar-refractivity contribution in [2.75, 3.05) is 0 Å². The van der Waals surface area contributed by atoms with Gasteiger partial charge in [0, 0.05) is 16.5 Å². The van der Waals surface area contributed by atoms with Gasteiger partial charge in [-0.3, -0.25) is 4.79 Å². The second-order valence-electron chi connectivity index (χ2n) is 4.12. The van der Waals surface area contributed by atoms with E-state index < -0.39 is 0 Å². The van der Waals surface area contributed by atoms with E-state index in [4.69, 9.17) is 4.74 Å². The zero-order valence-corrected chi connectivity index (χ0v) is 10.9. The molecule has 1 aromatic rings. The number of benzene rings is 1. The van der Waals surface area contributed by atoms with Crippen molar-refractivity contribution in [1.82, 2.24) is 0 Å². The minimum atomic E-state index is 0.153. The second kappa shape index (κ2) is 5.00. The van der Waals surface area contributed by atoms with Gasteiger partial charge in [0.05, 0.1) is 6.10 Å². The lowest BCUT2D eigenvalue weighted by molar-refractivity contribution is 0.0984. The lowest BCUT2D eigenvalue weighted by atomic mass is 9.96. The molecule has 1 aromatic carbocycles. The summed E-state index contributed by atoms with van der Waals surface area (Å²) in [6.07, 6.45) is 4.38. The van der Waals surface area contributed by atoms with Crippen molar-refractivity contribution in [2.45, 2.75) is 38.7 Å². The molecule has 0 aliphatic heterocycles. The van der Waals surface area contributed by atoms with Crippen LogP contribution in [0.4, 0.5) is 0 Å². The van der Waals surface area contributed by atoms with Crippen LogP contribution in [-0.2, 0) is 0 Å². The Hall–Kier alpha value is -0.830. The molecule has 0 unspecified atom stereocenters. The normalized spacial score (nSPS) is 15.6. The molecule has 16 heavy (non-hydrogen) atoms. The van der Waals surface area contributed by atoms with Gasteiger partial charge < -0.3 is 4.74 Å². The molecule has 0 heterocycles. The summed E-state index contributed by atoms with van der Waals surface area (Å²) in [7, 11) is 0. The number of carbonyl (C=O) groups is 1. The summed E-state index contributed by atoms with van der Waals surface area (Å²) in [6, 6.07) is 5.61. The average Bonchev–Trinajstić information content (AvgIpc) is 2.21. The molecular weight excluding hydrogens is 268 g/mol. The van der Waals surface area contributed by atoms with E-state index in [1.54, 1.807) is 0 Å². The van der Waals surface area contributed by atoms with Crippen molar-refractivity contribution in [2.24, 2.45) is 0 Å². The highest BCUT2D eigenvalue weighted by molar-refractivity contribution is 9.10. The maximum Gasteiger partial charge on any atom is 0.162 e. The first-order valence-corrected chi connectivity index (χ1v) is 6.49. The summed E-state index contributed by atoms with van der Waals surface area (Å²) >= 11 is 3.41. The van der Waals surface area contributed by atoms with Gasteiger partial charge >= 0.3 is 0 Å². The van der Waals surface area contributed by atoms with Crippen LogP contribution in [-0.4, -0.2) is 11.9 Å². The first-order chi connectivity index (χ1) is 7.69. The van der Waals surface area contributed by atoms with Crippen molar-refractivity contribution in [1.29, 1.82) is 0 Å². The van der Waals surface area contributed by atoms with Crippen LogP contribution < -0.4 is 4.74 Å². The lowest BCUT2D eigenvalue weighted by Crippen LogP contribution is -2.24. The topological polar surface area (TPSA) is 26.3 Å². The van der Waals surface area contributed by atoms with Crippen LogP contribution in [0.5, 0.6) is 5.75 Å². The fourth-order valence-electron chi connectivity index (χ4n) is 1.68. The smallest absolute Gasteiger partial charge is 0.162 e. The van der Waals surface area contributed by atoms with Gasteiger partial charge in [-0.2, -0.15) is 0 Å². The van der Waals surface area contributed by atoms with Crippen molar-refractivity contribution in [3.8, 4) is 5.75 Å². The van der Waals surface area contributed by atoms with Gasteiger partial charge in [-0.15, -0.1) is 0 Å². The predicted octanol–water partition coefficient (Wildman–Crippen LogP) is 3.97. The van der Waals surface area contributed by atoms with Gasteiger partial charge in [0.2, 0.25) is 0 Å². The summed E-state index contributed by atoms with van der Waals surface area (Å²) in [4.78, 5) is 11.6. The van der Waals surface area contributed by atoms with E-state index in [0.717, 1.165) is 28.6 Å².